The quantitative estimate of drug-likeness (QED) is 0.906. The van der Waals surface area contributed by atoms with Crippen LogP contribution in [-0.2, 0) is 4.79 Å². The number of carbonyl (C=O) groups is 1. The SMILES string of the molecule is CC(Oc1ccc(C#N)cc1)C(=O)Nc1cc2c(cc1Cl)OCCO2. The van der Waals surface area contributed by atoms with Crippen molar-refractivity contribution in [2.75, 3.05) is 18.5 Å². The summed E-state index contributed by atoms with van der Waals surface area (Å²) in [5, 5.41) is 11.9. The predicted octanol–water partition coefficient (Wildman–Crippen LogP) is 3.39. The molecule has 1 unspecified atom stereocenters. The van der Waals surface area contributed by atoms with Crippen molar-refractivity contribution in [3.8, 4) is 23.3 Å². The highest BCUT2D eigenvalue weighted by Crippen LogP contribution is 2.38. The number of nitriles is 1. The first kappa shape index (κ1) is 16.9. The fourth-order valence-electron chi connectivity index (χ4n) is 2.26. The third-order valence-electron chi connectivity index (χ3n) is 3.56. The van der Waals surface area contributed by atoms with Gasteiger partial charge in [0, 0.05) is 12.1 Å². The maximum absolute atomic E-state index is 12.3. The van der Waals surface area contributed by atoms with Crippen LogP contribution in [-0.4, -0.2) is 25.2 Å². The average molecular weight is 359 g/mol. The zero-order valence-corrected chi connectivity index (χ0v) is 14.2. The zero-order chi connectivity index (χ0) is 17.8. The molecule has 1 aliphatic rings. The van der Waals surface area contributed by atoms with Crippen molar-refractivity contribution in [3.05, 3.63) is 47.0 Å². The lowest BCUT2D eigenvalue weighted by molar-refractivity contribution is -0.122. The highest BCUT2D eigenvalue weighted by atomic mass is 35.5. The van der Waals surface area contributed by atoms with Crippen molar-refractivity contribution in [3.63, 3.8) is 0 Å². The molecule has 0 aromatic heterocycles. The standard InChI is InChI=1S/C18H15ClN2O4/c1-11(25-13-4-2-12(10-20)3-5-13)18(22)21-15-9-17-16(8-14(15)19)23-6-7-24-17/h2-5,8-9,11H,6-7H2,1H3,(H,21,22). The van der Waals surface area contributed by atoms with E-state index in [1.807, 2.05) is 6.07 Å². The minimum absolute atomic E-state index is 0.350. The highest BCUT2D eigenvalue weighted by Gasteiger charge is 2.19. The van der Waals surface area contributed by atoms with Crippen molar-refractivity contribution in [2.45, 2.75) is 13.0 Å². The Hall–Kier alpha value is -2.91. The van der Waals surface area contributed by atoms with E-state index in [0.29, 0.717) is 46.7 Å². The number of anilines is 1. The van der Waals surface area contributed by atoms with Crippen LogP contribution in [0.25, 0.3) is 0 Å². The number of rotatable bonds is 4. The van der Waals surface area contributed by atoms with E-state index in [9.17, 15) is 4.79 Å². The van der Waals surface area contributed by atoms with E-state index in [2.05, 4.69) is 5.32 Å². The lowest BCUT2D eigenvalue weighted by Gasteiger charge is -2.20. The van der Waals surface area contributed by atoms with Crippen LogP contribution in [0.3, 0.4) is 0 Å². The second kappa shape index (κ2) is 7.32. The lowest BCUT2D eigenvalue weighted by atomic mass is 10.2. The molecule has 1 heterocycles. The number of amides is 1. The first-order chi connectivity index (χ1) is 12.1. The molecule has 1 aliphatic heterocycles. The predicted molar refractivity (Wildman–Crippen MR) is 92.3 cm³/mol. The lowest BCUT2D eigenvalue weighted by Crippen LogP contribution is -2.30. The van der Waals surface area contributed by atoms with Crippen molar-refractivity contribution in [1.82, 2.24) is 0 Å². The van der Waals surface area contributed by atoms with Crippen molar-refractivity contribution in [2.24, 2.45) is 0 Å². The average Bonchev–Trinajstić information content (AvgIpc) is 2.63. The Bertz CT molecular complexity index is 830. The first-order valence-corrected chi connectivity index (χ1v) is 8.01. The molecule has 7 heteroatoms. The largest absolute Gasteiger partial charge is 0.486 e. The number of carbonyl (C=O) groups excluding carboxylic acids is 1. The Morgan fingerprint density at radius 1 is 1.24 bits per heavy atom. The van der Waals surface area contributed by atoms with E-state index < -0.39 is 6.10 Å². The van der Waals surface area contributed by atoms with Gasteiger partial charge in [0.05, 0.1) is 22.3 Å². The molecule has 0 spiro atoms. The fourth-order valence-corrected chi connectivity index (χ4v) is 2.46. The molecule has 0 saturated heterocycles. The molecule has 0 radical (unpaired) electrons. The summed E-state index contributed by atoms with van der Waals surface area (Å²) >= 11 is 6.18. The molecule has 2 aromatic carbocycles. The molecule has 128 valence electrons. The minimum Gasteiger partial charge on any atom is -0.486 e. The Morgan fingerprint density at radius 2 is 1.88 bits per heavy atom. The summed E-state index contributed by atoms with van der Waals surface area (Å²) in [6, 6.07) is 11.8. The Labute approximate surface area is 149 Å². The second-order valence-corrected chi connectivity index (χ2v) is 5.77. The number of nitrogens with one attached hydrogen (secondary N) is 1. The van der Waals surface area contributed by atoms with Crippen molar-refractivity contribution < 1.29 is 19.0 Å². The summed E-state index contributed by atoms with van der Waals surface area (Å²) < 4.78 is 16.5. The summed E-state index contributed by atoms with van der Waals surface area (Å²) in [6.45, 7) is 2.53. The zero-order valence-electron chi connectivity index (χ0n) is 13.4. The van der Waals surface area contributed by atoms with Gasteiger partial charge >= 0.3 is 0 Å². The van der Waals surface area contributed by atoms with Gasteiger partial charge in [-0.1, -0.05) is 11.6 Å². The second-order valence-electron chi connectivity index (χ2n) is 5.36. The van der Waals surface area contributed by atoms with Gasteiger partial charge in [-0.3, -0.25) is 4.79 Å². The first-order valence-electron chi connectivity index (χ1n) is 7.63. The van der Waals surface area contributed by atoms with Crippen LogP contribution >= 0.6 is 11.6 Å². The molecular weight excluding hydrogens is 344 g/mol. The van der Waals surface area contributed by atoms with Crippen LogP contribution in [0.2, 0.25) is 5.02 Å². The molecule has 3 rings (SSSR count). The third-order valence-corrected chi connectivity index (χ3v) is 3.87. The Balaban J connectivity index is 1.67. The van der Waals surface area contributed by atoms with E-state index in [-0.39, 0.29) is 5.91 Å². The maximum Gasteiger partial charge on any atom is 0.265 e. The summed E-state index contributed by atoms with van der Waals surface area (Å²) in [7, 11) is 0. The number of hydrogen-bond acceptors (Lipinski definition) is 5. The van der Waals surface area contributed by atoms with Crippen molar-refractivity contribution in [1.29, 1.82) is 5.26 Å². The molecule has 0 fully saturated rings. The fraction of sp³-hybridized carbons (Fsp3) is 0.222. The number of benzene rings is 2. The number of ether oxygens (including phenoxy) is 3. The number of halogens is 1. The molecule has 0 saturated carbocycles. The van der Waals surface area contributed by atoms with E-state index in [1.54, 1.807) is 43.3 Å². The van der Waals surface area contributed by atoms with Gasteiger partial charge in [-0.2, -0.15) is 5.26 Å². The van der Waals surface area contributed by atoms with Crippen LogP contribution in [0, 0.1) is 11.3 Å². The third kappa shape index (κ3) is 3.95. The summed E-state index contributed by atoms with van der Waals surface area (Å²) in [6.07, 6.45) is -0.753. The molecule has 6 nitrogen and oxygen atoms in total. The maximum atomic E-state index is 12.3. The normalized spacial score (nSPS) is 13.5. The van der Waals surface area contributed by atoms with Crippen molar-refractivity contribution >= 4 is 23.2 Å². The van der Waals surface area contributed by atoms with Gasteiger partial charge in [-0.25, -0.2) is 0 Å². The van der Waals surface area contributed by atoms with Gasteiger partial charge in [0.1, 0.15) is 19.0 Å². The summed E-state index contributed by atoms with van der Waals surface area (Å²) in [4.78, 5) is 12.3. The van der Waals surface area contributed by atoms with Gasteiger partial charge in [0.15, 0.2) is 17.6 Å². The van der Waals surface area contributed by atoms with Crippen LogP contribution < -0.4 is 19.5 Å². The Morgan fingerprint density at radius 3 is 2.52 bits per heavy atom. The van der Waals surface area contributed by atoms with Gasteiger partial charge in [0.2, 0.25) is 0 Å². The van der Waals surface area contributed by atoms with Crippen LogP contribution in [0.15, 0.2) is 36.4 Å². The van der Waals surface area contributed by atoms with E-state index in [0.717, 1.165) is 0 Å². The summed E-state index contributed by atoms with van der Waals surface area (Å²) in [5.41, 5.74) is 0.943. The van der Waals surface area contributed by atoms with Gasteiger partial charge in [0.25, 0.3) is 5.91 Å². The monoisotopic (exact) mass is 358 g/mol. The molecule has 0 bridgehead atoms. The van der Waals surface area contributed by atoms with Gasteiger partial charge in [-0.15, -0.1) is 0 Å². The van der Waals surface area contributed by atoms with Crippen LogP contribution in [0.1, 0.15) is 12.5 Å². The number of nitrogens with zero attached hydrogens (tertiary/aromatic N) is 1. The van der Waals surface area contributed by atoms with Gasteiger partial charge < -0.3 is 19.5 Å². The molecular formula is C18H15ClN2O4. The minimum atomic E-state index is -0.753. The molecule has 1 N–H and O–H groups in total. The molecule has 2 aromatic rings. The molecule has 25 heavy (non-hydrogen) atoms. The smallest absolute Gasteiger partial charge is 0.265 e. The topological polar surface area (TPSA) is 80.6 Å². The highest BCUT2D eigenvalue weighted by molar-refractivity contribution is 6.34. The molecule has 1 amide bonds. The molecule has 0 aliphatic carbocycles. The van der Waals surface area contributed by atoms with Crippen LogP contribution in [0.5, 0.6) is 17.2 Å². The van der Waals surface area contributed by atoms with E-state index in [1.165, 1.54) is 0 Å². The van der Waals surface area contributed by atoms with E-state index in [4.69, 9.17) is 31.1 Å². The van der Waals surface area contributed by atoms with Gasteiger partial charge in [-0.05, 0) is 31.2 Å². The number of fused-ring (bicyclic) bond motifs is 1. The Kier molecular flexibility index (Phi) is 4.96. The molecule has 1 atom stereocenters. The summed E-state index contributed by atoms with van der Waals surface area (Å²) in [5.74, 6) is 1.22. The van der Waals surface area contributed by atoms with E-state index >= 15 is 0 Å². The van der Waals surface area contributed by atoms with Crippen LogP contribution in [0.4, 0.5) is 5.69 Å². The number of hydrogen-bond donors (Lipinski definition) is 1.